The summed E-state index contributed by atoms with van der Waals surface area (Å²) in [4.78, 5) is 36.0. The summed E-state index contributed by atoms with van der Waals surface area (Å²) >= 11 is 0. The van der Waals surface area contributed by atoms with E-state index in [0.717, 1.165) is 0 Å². The summed E-state index contributed by atoms with van der Waals surface area (Å²) in [5.74, 6) is -1.79. The lowest BCUT2D eigenvalue weighted by Crippen LogP contribution is -2.39. The molecule has 0 bridgehead atoms. The van der Waals surface area contributed by atoms with E-state index < -0.39 is 17.7 Å². The lowest BCUT2D eigenvalue weighted by atomic mass is 10.2. The summed E-state index contributed by atoms with van der Waals surface area (Å²) in [5, 5.41) is 4.44. The van der Waals surface area contributed by atoms with E-state index in [4.69, 9.17) is 15.2 Å². The van der Waals surface area contributed by atoms with E-state index in [-0.39, 0.29) is 5.56 Å². The Morgan fingerprint density at radius 1 is 0.889 bits per heavy atom. The highest BCUT2D eigenvalue weighted by molar-refractivity contribution is 6.42. The fourth-order valence-electron chi connectivity index (χ4n) is 2.18. The summed E-state index contributed by atoms with van der Waals surface area (Å²) in [6, 6.07) is 10.7. The van der Waals surface area contributed by atoms with Crippen LogP contribution in [0.4, 0.5) is 11.4 Å². The van der Waals surface area contributed by atoms with Crippen LogP contribution in [0, 0.1) is 0 Å². The van der Waals surface area contributed by atoms with Gasteiger partial charge in [0.15, 0.2) is 11.5 Å². The fourth-order valence-corrected chi connectivity index (χ4v) is 2.18. The van der Waals surface area contributed by atoms with Gasteiger partial charge in [0.05, 0.1) is 13.2 Å². The minimum absolute atomic E-state index is 0.213. The lowest BCUT2D eigenvalue weighted by Gasteiger charge is -2.13. The summed E-state index contributed by atoms with van der Waals surface area (Å²) in [7, 11) is 0. The zero-order chi connectivity index (χ0) is 19.8. The van der Waals surface area contributed by atoms with Gasteiger partial charge in [-0.05, 0) is 50.2 Å². The van der Waals surface area contributed by atoms with E-state index >= 15 is 0 Å². The van der Waals surface area contributed by atoms with Gasteiger partial charge in [-0.25, -0.2) is 0 Å². The molecule has 0 radical (unpaired) electrons. The molecular weight excluding hydrogens is 350 g/mol. The van der Waals surface area contributed by atoms with Gasteiger partial charge in [-0.2, -0.15) is 0 Å². The molecule has 0 atom stereocenters. The van der Waals surface area contributed by atoms with Gasteiger partial charge >= 0.3 is 11.8 Å². The molecule has 0 heterocycles. The average Bonchev–Trinajstić information content (AvgIpc) is 2.64. The monoisotopic (exact) mass is 371 g/mol. The van der Waals surface area contributed by atoms with Gasteiger partial charge in [0.1, 0.15) is 0 Å². The van der Waals surface area contributed by atoms with E-state index in [2.05, 4.69) is 5.32 Å². The Balaban J connectivity index is 2.03. The number of benzene rings is 2. The quantitative estimate of drug-likeness (QED) is 0.527. The number of carbonyl (C=O) groups excluding carboxylic acids is 3. The van der Waals surface area contributed by atoms with Crippen molar-refractivity contribution in [2.45, 2.75) is 13.8 Å². The Hall–Kier alpha value is -3.55. The van der Waals surface area contributed by atoms with Gasteiger partial charge in [-0.1, -0.05) is 0 Å². The van der Waals surface area contributed by atoms with Crippen LogP contribution in [0.5, 0.6) is 11.5 Å². The first-order valence-electron chi connectivity index (χ1n) is 8.36. The van der Waals surface area contributed by atoms with Crippen molar-refractivity contribution in [1.82, 2.24) is 5.32 Å². The Morgan fingerprint density at radius 3 is 2.15 bits per heavy atom. The summed E-state index contributed by atoms with van der Waals surface area (Å²) < 4.78 is 10.9. The maximum Gasteiger partial charge on any atom is 0.316 e. The predicted octanol–water partition coefficient (Wildman–Crippen LogP) is 1.96. The van der Waals surface area contributed by atoms with Gasteiger partial charge in [0.2, 0.25) is 0 Å². The van der Waals surface area contributed by atoms with Crippen LogP contribution < -0.4 is 25.8 Å². The standard InChI is InChI=1S/C19H21N3O5/c1-3-26-15-10-9-14(11-16(15)27-4-2)21-18(24)19(25)22-17(23)12-5-7-13(20)8-6-12/h5-11H,3-4,20H2,1-2H3,(H,21,24)(H,22,23,25). The van der Waals surface area contributed by atoms with E-state index in [0.29, 0.717) is 36.1 Å². The van der Waals surface area contributed by atoms with Crippen molar-refractivity contribution >= 4 is 29.1 Å². The number of anilines is 2. The zero-order valence-corrected chi connectivity index (χ0v) is 15.1. The fraction of sp³-hybridized carbons (Fsp3) is 0.211. The van der Waals surface area contributed by atoms with Crippen molar-refractivity contribution < 1.29 is 23.9 Å². The second-order valence-corrected chi connectivity index (χ2v) is 5.39. The maximum atomic E-state index is 12.0. The van der Waals surface area contributed by atoms with Gasteiger partial charge in [-0.15, -0.1) is 0 Å². The molecule has 4 N–H and O–H groups in total. The molecule has 3 amide bonds. The van der Waals surface area contributed by atoms with Crippen LogP contribution in [0.3, 0.4) is 0 Å². The molecule has 0 spiro atoms. The summed E-state index contributed by atoms with van der Waals surface area (Å²) in [6.07, 6.45) is 0. The SMILES string of the molecule is CCOc1ccc(NC(=O)C(=O)NC(=O)c2ccc(N)cc2)cc1OCC. The minimum atomic E-state index is -1.08. The first-order chi connectivity index (χ1) is 12.9. The Kier molecular flexibility index (Phi) is 6.76. The van der Waals surface area contributed by atoms with Gasteiger partial charge < -0.3 is 20.5 Å². The van der Waals surface area contributed by atoms with Gasteiger partial charge in [0.25, 0.3) is 5.91 Å². The topological polar surface area (TPSA) is 120 Å². The molecule has 0 aliphatic carbocycles. The molecule has 2 aromatic carbocycles. The molecule has 0 fully saturated rings. The second kappa shape index (κ2) is 9.23. The zero-order valence-electron chi connectivity index (χ0n) is 15.1. The molecule has 0 saturated heterocycles. The lowest BCUT2D eigenvalue weighted by molar-refractivity contribution is -0.135. The number of ether oxygens (including phenoxy) is 2. The highest BCUT2D eigenvalue weighted by atomic mass is 16.5. The van der Waals surface area contributed by atoms with Crippen molar-refractivity contribution in [2.75, 3.05) is 24.3 Å². The van der Waals surface area contributed by atoms with Crippen LogP contribution in [-0.4, -0.2) is 30.9 Å². The molecule has 0 unspecified atom stereocenters. The molecule has 2 rings (SSSR count). The number of amides is 3. The molecule has 0 saturated carbocycles. The van der Waals surface area contributed by atoms with Crippen LogP contribution in [0.25, 0.3) is 0 Å². The number of carbonyl (C=O) groups is 3. The van der Waals surface area contributed by atoms with Crippen LogP contribution in [0.15, 0.2) is 42.5 Å². The molecule has 8 heteroatoms. The molecular formula is C19H21N3O5. The number of hydrogen-bond acceptors (Lipinski definition) is 6. The van der Waals surface area contributed by atoms with Crippen LogP contribution in [0.2, 0.25) is 0 Å². The van der Waals surface area contributed by atoms with Crippen molar-refractivity contribution in [2.24, 2.45) is 0 Å². The van der Waals surface area contributed by atoms with Crippen LogP contribution >= 0.6 is 0 Å². The molecule has 0 aliphatic rings. The molecule has 8 nitrogen and oxygen atoms in total. The largest absolute Gasteiger partial charge is 0.490 e. The predicted molar refractivity (Wildman–Crippen MR) is 101 cm³/mol. The number of nitrogens with one attached hydrogen (secondary N) is 2. The van der Waals surface area contributed by atoms with Crippen molar-refractivity contribution in [3.63, 3.8) is 0 Å². The van der Waals surface area contributed by atoms with Gasteiger partial charge in [0, 0.05) is 23.0 Å². The highest BCUT2D eigenvalue weighted by Gasteiger charge is 2.18. The third-order valence-corrected chi connectivity index (χ3v) is 3.41. The highest BCUT2D eigenvalue weighted by Crippen LogP contribution is 2.30. The van der Waals surface area contributed by atoms with Crippen LogP contribution in [0.1, 0.15) is 24.2 Å². The average molecular weight is 371 g/mol. The summed E-state index contributed by atoms with van der Waals surface area (Å²) in [6.45, 7) is 4.53. The first-order valence-corrected chi connectivity index (χ1v) is 8.36. The normalized spacial score (nSPS) is 10.0. The maximum absolute atomic E-state index is 12.0. The summed E-state index contributed by atoms with van der Waals surface area (Å²) in [5.41, 5.74) is 6.57. The van der Waals surface area contributed by atoms with Crippen molar-refractivity contribution in [3.05, 3.63) is 48.0 Å². The molecule has 2 aromatic rings. The van der Waals surface area contributed by atoms with E-state index in [1.807, 2.05) is 19.2 Å². The number of rotatable bonds is 6. The Bertz CT molecular complexity index is 834. The van der Waals surface area contributed by atoms with E-state index in [1.165, 1.54) is 24.3 Å². The smallest absolute Gasteiger partial charge is 0.316 e. The van der Waals surface area contributed by atoms with Crippen LogP contribution in [-0.2, 0) is 9.59 Å². The number of nitrogen functional groups attached to an aromatic ring is 1. The third kappa shape index (κ3) is 5.46. The molecule has 0 aliphatic heterocycles. The van der Waals surface area contributed by atoms with E-state index in [1.54, 1.807) is 18.2 Å². The first kappa shape index (κ1) is 19.8. The number of hydrogen-bond donors (Lipinski definition) is 3. The Morgan fingerprint density at radius 2 is 1.52 bits per heavy atom. The van der Waals surface area contributed by atoms with Crippen molar-refractivity contribution in [3.8, 4) is 11.5 Å². The van der Waals surface area contributed by atoms with Gasteiger partial charge in [-0.3, -0.25) is 19.7 Å². The van der Waals surface area contributed by atoms with Crippen molar-refractivity contribution in [1.29, 1.82) is 0 Å². The van der Waals surface area contributed by atoms with E-state index in [9.17, 15) is 14.4 Å². The molecule has 27 heavy (non-hydrogen) atoms. The third-order valence-electron chi connectivity index (χ3n) is 3.41. The minimum Gasteiger partial charge on any atom is -0.490 e. The Labute approximate surface area is 156 Å². The number of imide groups is 1. The molecule has 142 valence electrons. The molecule has 0 aromatic heterocycles. The second-order valence-electron chi connectivity index (χ2n) is 5.39. The number of nitrogens with two attached hydrogens (primary N) is 1.